The normalized spacial score (nSPS) is 17.9. The van der Waals surface area contributed by atoms with Gasteiger partial charge in [-0.25, -0.2) is 9.97 Å². The van der Waals surface area contributed by atoms with E-state index in [2.05, 4.69) is 28.9 Å². The Morgan fingerprint density at radius 1 is 1.03 bits per heavy atom. The Hall–Kier alpha value is -1.18. The average molecular weight is 445 g/mol. The van der Waals surface area contributed by atoms with E-state index in [1.54, 1.807) is 11.8 Å². The van der Waals surface area contributed by atoms with Gasteiger partial charge in [-0.2, -0.15) is 0 Å². The first-order valence-corrected chi connectivity index (χ1v) is 12.4. The summed E-state index contributed by atoms with van der Waals surface area (Å²) < 4.78 is 0. The van der Waals surface area contributed by atoms with E-state index in [4.69, 9.17) is 21.6 Å². The molecule has 0 radical (unpaired) electrons. The van der Waals surface area contributed by atoms with Crippen molar-refractivity contribution in [2.45, 2.75) is 42.7 Å². The van der Waals surface area contributed by atoms with E-state index in [-0.39, 0.29) is 0 Å². The minimum Gasteiger partial charge on any atom is -0.301 e. The molecule has 3 heterocycles. The highest BCUT2D eigenvalue weighted by atomic mass is 35.5. The molecule has 0 amide bonds. The smallest absolute Gasteiger partial charge is 0.145 e. The van der Waals surface area contributed by atoms with Gasteiger partial charge in [0, 0.05) is 46.4 Å². The van der Waals surface area contributed by atoms with Gasteiger partial charge in [0.1, 0.15) is 15.7 Å². The summed E-state index contributed by atoms with van der Waals surface area (Å²) in [5, 5.41) is 3.17. The van der Waals surface area contributed by atoms with Crippen molar-refractivity contribution in [1.82, 2.24) is 19.8 Å². The minimum atomic E-state index is 0.769. The highest BCUT2D eigenvalue weighted by Gasteiger charge is 2.24. The summed E-state index contributed by atoms with van der Waals surface area (Å²) in [5.41, 5.74) is 1.49. The van der Waals surface area contributed by atoms with Crippen LogP contribution in [-0.4, -0.2) is 52.5 Å². The maximum atomic E-state index is 6.08. The molecule has 29 heavy (non-hydrogen) atoms. The summed E-state index contributed by atoms with van der Waals surface area (Å²) in [6.07, 6.45) is 3.60. The molecule has 1 aliphatic carbocycles. The zero-order chi connectivity index (χ0) is 19.8. The van der Waals surface area contributed by atoms with Crippen molar-refractivity contribution in [3.8, 4) is 0 Å². The number of hydrogen-bond donors (Lipinski definition) is 0. The fourth-order valence-corrected chi connectivity index (χ4v) is 6.67. The Labute approximate surface area is 185 Å². The first kappa shape index (κ1) is 19.8. The second-order valence-corrected chi connectivity index (χ2v) is 10.3. The van der Waals surface area contributed by atoms with Gasteiger partial charge < -0.3 is 4.90 Å². The molecule has 7 heteroatoms. The molecule has 2 aliphatic rings. The van der Waals surface area contributed by atoms with Crippen LogP contribution in [0.15, 0.2) is 34.2 Å². The molecule has 1 saturated heterocycles. The summed E-state index contributed by atoms with van der Waals surface area (Å²) in [7, 11) is 0. The zero-order valence-corrected chi connectivity index (χ0v) is 19.0. The van der Waals surface area contributed by atoms with Gasteiger partial charge in [-0.15, -0.1) is 11.3 Å². The van der Waals surface area contributed by atoms with Gasteiger partial charge in [0.15, 0.2) is 0 Å². The number of thiophene rings is 1. The topological polar surface area (TPSA) is 32.3 Å². The molecule has 3 aromatic rings. The van der Waals surface area contributed by atoms with Crippen molar-refractivity contribution in [3.05, 3.63) is 45.6 Å². The van der Waals surface area contributed by atoms with Crippen molar-refractivity contribution in [1.29, 1.82) is 0 Å². The van der Waals surface area contributed by atoms with E-state index in [1.807, 2.05) is 23.5 Å². The molecule has 1 aromatic carbocycles. The number of nitrogens with zero attached hydrogens (tertiary/aromatic N) is 4. The monoisotopic (exact) mass is 444 g/mol. The van der Waals surface area contributed by atoms with Crippen LogP contribution in [0, 0.1) is 0 Å². The molecule has 4 nitrogen and oxygen atoms in total. The van der Waals surface area contributed by atoms with Crippen LogP contribution < -0.4 is 0 Å². The summed E-state index contributed by atoms with van der Waals surface area (Å²) in [6, 6.07) is 8.07. The van der Waals surface area contributed by atoms with Crippen LogP contribution in [0.2, 0.25) is 5.02 Å². The maximum Gasteiger partial charge on any atom is 0.145 e. The Balaban J connectivity index is 1.47. The largest absolute Gasteiger partial charge is 0.301 e. The Kier molecular flexibility index (Phi) is 5.80. The van der Waals surface area contributed by atoms with Gasteiger partial charge in [0.2, 0.25) is 0 Å². The van der Waals surface area contributed by atoms with Gasteiger partial charge in [0.05, 0.1) is 6.54 Å². The summed E-state index contributed by atoms with van der Waals surface area (Å²) in [5.74, 6) is 0.957. The first-order valence-electron chi connectivity index (χ1n) is 10.4. The lowest BCUT2D eigenvalue weighted by Gasteiger charge is -2.33. The highest BCUT2D eigenvalue weighted by molar-refractivity contribution is 7.99. The highest BCUT2D eigenvalue weighted by Crippen LogP contribution is 2.42. The van der Waals surface area contributed by atoms with Crippen molar-refractivity contribution in [2.75, 3.05) is 32.7 Å². The van der Waals surface area contributed by atoms with Crippen LogP contribution in [0.1, 0.15) is 29.6 Å². The minimum absolute atomic E-state index is 0.769. The number of aryl methyl sites for hydroxylation is 2. The third-order valence-corrected chi connectivity index (χ3v) is 8.32. The van der Waals surface area contributed by atoms with Gasteiger partial charge in [-0.1, -0.05) is 30.3 Å². The fourth-order valence-electron chi connectivity index (χ4n) is 4.23. The Morgan fingerprint density at radius 3 is 2.55 bits per heavy atom. The summed E-state index contributed by atoms with van der Waals surface area (Å²) >= 11 is 9.71. The van der Waals surface area contributed by atoms with Crippen LogP contribution in [0.25, 0.3) is 10.2 Å². The van der Waals surface area contributed by atoms with Crippen LogP contribution in [0.3, 0.4) is 0 Å². The molecule has 1 aliphatic heterocycles. The summed E-state index contributed by atoms with van der Waals surface area (Å²) in [6.45, 7) is 8.68. The predicted octanol–water partition coefficient (Wildman–Crippen LogP) is 5.12. The number of likely N-dealkylation sites (N-methyl/N-ethyl adjacent to an activating group) is 1. The molecule has 0 N–H and O–H groups in total. The predicted molar refractivity (Wildman–Crippen MR) is 122 cm³/mol. The van der Waals surface area contributed by atoms with Crippen LogP contribution >= 0.6 is 34.7 Å². The first-order chi connectivity index (χ1) is 14.2. The van der Waals surface area contributed by atoms with E-state index in [0.717, 1.165) is 61.6 Å². The van der Waals surface area contributed by atoms with Crippen LogP contribution in [0.4, 0.5) is 0 Å². The van der Waals surface area contributed by atoms with Gasteiger partial charge in [0.25, 0.3) is 0 Å². The number of benzene rings is 1. The van der Waals surface area contributed by atoms with E-state index in [1.165, 1.54) is 38.4 Å². The Bertz CT molecular complexity index is 1010. The van der Waals surface area contributed by atoms with Crippen molar-refractivity contribution < 1.29 is 0 Å². The standard InChI is InChI=1S/C22H25ClN4S2/c1-2-26-10-12-27(13-11-26)14-19-24-21(28-16-8-6-15(23)7-9-16)20-17-4-3-5-18(17)29-22(20)25-19/h6-9H,2-5,10-14H2,1H3. The Morgan fingerprint density at radius 2 is 1.79 bits per heavy atom. The molecule has 0 atom stereocenters. The van der Waals surface area contributed by atoms with E-state index in [9.17, 15) is 0 Å². The second-order valence-electron chi connectivity index (χ2n) is 7.75. The number of halogens is 1. The number of fused-ring (bicyclic) bond motifs is 3. The van der Waals surface area contributed by atoms with Crippen LogP contribution in [-0.2, 0) is 19.4 Å². The van der Waals surface area contributed by atoms with Crippen molar-refractivity contribution in [2.24, 2.45) is 0 Å². The van der Waals surface area contributed by atoms with Crippen LogP contribution in [0.5, 0.6) is 0 Å². The third-order valence-electron chi connectivity index (χ3n) is 5.88. The van der Waals surface area contributed by atoms with E-state index < -0.39 is 0 Å². The summed E-state index contributed by atoms with van der Waals surface area (Å²) in [4.78, 5) is 18.9. The lowest BCUT2D eigenvalue weighted by molar-refractivity contribution is 0.129. The maximum absolute atomic E-state index is 6.08. The fraction of sp³-hybridized carbons (Fsp3) is 0.455. The molecule has 1 fully saturated rings. The molecule has 152 valence electrons. The van der Waals surface area contributed by atoms with E-state index in [0.29, 0.717) is 0 Å². The molecular formula is C22H25ClN4S2. The SMILES string of the molecule is CCN1CCN(Cc2nc(Sc3ccc(Cl)cc3)c3c4c(sc3n2)CCC4)CC1. The number of piperazine rings is 1. The number of rotatable bonds is 5. The number of aromatic nitrogens is 2. The molecular weight excluding hydrogens is 420 g/mol. The molecule has 0 saturated carbocycles. The van der Waals surface area contributed by atoms with Gasteiger partial charge >= 0.3 is 0 Å². The average Bonchev–Trinajstić information content (AvgIpc) is 3.31. The van der Waals surface area contributed by atoms with E-state index >= 15 is 0 Å². The lowest BCUT2D eigenvalue weighted by atomic mass is 10.2. The molecule has 2 aromatic heterocycles. The van der Waals surface area contributed by atoms with Gasteiger partial charge in [-0.05, 0) is 55.6 Å². The van der Waals surface area contributed by atoms with Crippen molar-refractivity contribution in [3.63, 3.8) is 0 Å². The third kappa shape index (κ3) is 4.19. The number of hydrogen-bond acceptors (Lipinski definition) is 6. The molecule has 0 spiro atoms. The molecule has 0 bridgehead atoms. The lowest BCUT2D eigenvalue weighted by Crippen LogP contribution is -2.45. The quantitative estimate of drug-likeness (QED) is 0.510. The van der Waals surface area contributed by atoms with Crippen molar-refractivity contribution >= 4 is 44.9 Å². The zero-order valence-electron chi connectivity index (χ0n) is 16.7. The second kappa shape index (κ2) is 8.52. The molecule has 0 unspecified atom stereocenters. The molecule has 5 rings (SSSR count). The van der Waals surface area contributed by atoms with Gasteiger partial charge in [-0.3, -0.25) is 4.90 Å².